The van der Waals surface area contributed by atoms with E-state index >= 15 is 0 Å². The third-order valence-electron chi connectivity index (χ3n) is 5.08. The van der Waals surface area contributed by atoms with Crippen molar-refractivity contribution in [3.63, 3.8) is 0 Å². The smallest absolute Gasteiger partial charge is 0.143 e. The number of allylic oxidation sites excluding steroid dienone is 2. The summed E-state index contributed by atoms with van der Waals surface area (Å²) in [7, 11) is 0. The van der Waals surface area contributed by atoms with Crippen molar-refractivity contribution in [2.45, 2.75) is 53.4 Å². The number of ketones is 1. The van der Waals surface area contributed by atoms with Crippen molar-refractivity contribution in [2.75, 3.05) is 0 Å². The number of rotatable bonds is 1. The highest BCUT2D eigenvalue weighted by Crippen LogP contribution is 2.51. The van der Waals surface area contributed by atoms with E-state index in [1.54, 1.807) is 0 Å². The number of hydrogen-bond acceptors (Lipinski definition) is 1. The molecule has 0 unspecified atom stereocenters. The van der Waals surface area contributed by atoms with E-state index in [-0.39, 0.29) is 5.41 Å². The van der Waals surface area contributed by atoms with Crippen LogP contribution in [0.4, 0.5) is 0 Å². The monoisotopic (exact) mass is 220 g/mol. The normalized spacial score (nSPS) is 39.6. The molecule has 0 aromatic carbocycles. The summed E-state index contributed by atoms with van der Waals surface area (Å²) >= 11 is 0. The zero-order valence-corrected chi connectivity index (χ0v) is 11.0. The second-order valence-corrected chi connectivity index (χ2v) is 6.32. The van der Waals surface area contributed by atoms with E-state index in [1.165, 1.54) is 18.4 Å². The lowest BCUT2D eigenvalue weighted by Gasteiger charge is -2.47. The first-order valence-corrected chi connectivity index (χ1v) is 6.65. The Labute approximate surface area is 99.3 Å². The van der Waals surface area contributed by atoms with Gasteiger partial charge in [-0.15, -0.1) is 0 Å². The van der Waals surface area contributed by atoms with Gasteiger partial charge in [0.1, 0.15) is 5.78 Å². The van der Waals surface area contributed by atoms with E-state index < -0.39 is 0 Å². The molecule has 0 heterocycles. The Morgan fingerprint density at radius 2 is 2.12 bits per heavy atom. The van der Waals surface area contributed by atoms with Crippen LogP contribution in [0, 0.1) is 23.2 Å². The Kier molecular flexibility index (Phi) is 2.98. The summed E-state index contributed by atoms with van der Waals surface area (Å²) < 4.78 is 0. The van der Waals surface area contributed by atoms with Gasteiger partial charge in [0.15, 0.2) is 0 Å². The van der Waals surface area contributed by atoms with Gasteiger partial charge < -0.3 is 0 Å². The van der Waals surface area contributed by atoms with E-state index in [9.17, 15) is 4.79 Å². The molecule has 0 aromatic heterocycles. The molecule has 2 rings (SSSR count). The summed E-state index contributed by atoms with van der Waals surface area (Å²) in [5, 5.41) is 0. The van der Waals surface area contributed by atoms with Gasteiger partial charge in [0.2, 0.25) is 0 Å². The van der Waals surface area contributed by atoms with E-state index in [1.807, 2.05) is 0 Å². The van der Waals surface area contributed by atoms with E-state index in [2.05, 4.69) is 33.8 Å². The average molecular weight is 220 g/mol. The summed E-state index contributed by atoms with van der Waals surface area (Å²) in [6.07, 6.45) is 6.40. The maximum atomic E-state index is 12.1. The molecule has 2 aliphatic carbocycles. The van der Waals surface area contributed by atoms with Gasteiger partial charge in [0.25, 0.3) is 0 Å². The molecule has 0 saturated heterocycles. The molecule has 1 nitrogen and oxygen atoms in total. The quantitative estimate of drug-likeness (QED) is 0.611. The number of carbonyl (C=O) groups excluding carboxylic acids is 1. The predicted octanol–water partition coefficient (Wildman–Crippen LogP) is 3.98. The van der Waals surface area contributed by atoms with Gasteiger partial charge in [-0.25, -0.2) is 0 Å². The van der Waals surface area contributed by atoms with Crippen LogP contribution in [0.15, 0.2) is 11.6 Å². The molecule has 0 radical (unpaired) electrons. The van der Waals surface area contributed by atoms with Crippen LogP contribution in [-0.2, 0) is 4.79 Å². The van der Waals surface area contributed by atoms with Crippen LogP contribution >= 0.6 is 0 Å². The highest BCUT2D eigenvalue weighted by molar-refractivity contribution is 5.87. The third kappa shape index (κ3) is 1.74. The molecule has 1 saturated carbocycles. The first kappa shape index (κ1) is 11.9. The second-order valence-electron chi connectivity index (χ2n) is 6.32. The largest absolute Gasteiger partial charge is 0.299 e. The van der Waals surface area contributed by atoms with Crippen molar-refractivity contribution in [1.82, 2.24) is 0 Å². The van der Waals surface area contributed by atoms with Crippen molar-refractivity contribution in [1.29, 1.82) is 0 Å². The molecular weight excluding hydrogens is 196 g/mol. The molecule has 1 fully saturated rings. The summed E-state index contributed by atoms with van der Waals surface area (Å²) in [6, 6.07) is 0. The van der Waals surface area contributed by atoms with Crippen LogP contribution < -0.4 is 0 Å². The fourth-order valence-corrected chi connectivity index (χ4v) is 3.60. The third-order valence-corrected chi connectivity index (χ3v) is 5.08. The minimum absolute atomic E-state index is 0.0375. The van der Waals surface area contributed by atoms with Crippen molar-refractivity contribution in [3.05, 3.63) is 11.6 Å². The standard InChI is InChI=1S/C15H24O/c1-10(2)12-7-8-15(4)13(9-12)11(3)5-6-14(15)16/h5,10,12-13H,6-9H2,1-4H3/t12-,13+,15-/m1/s1. The van der Waals surface area contributed by atoms with Gasteiger partial charge in [-0.3, -0.25) is 4.79 Å². The molecule has 16 heavy (non-hydrogen) atoms. The van der Waals surface area contributed by atoms with Crippen LogP contribution in [0.1, 0.15) is 53.4 Å². The fourth-order valence-electron chi connectivity index (χ4n) is 3.60. The number of Topliss-reactive ketones (excluding diaryl/α,β-unsaturated/α-hetero) is 1. The van der Waals surface area contributed by atoms with Crippen molar-refractivity contribution >= 4 is 5.78 Å². The number of fused-ring (bicyclic) bond motifs is 1. The molecule has 0 amide bonds. The van der Waals surface area contributed by atoms with E-state index in [0.717, 1.165) is 18.3 Å². The van der Waals surface area contributed by atoms with Crippen molar-refractivity contribution < 1.29 is 4.79 Å². The molecular formula is C15H24O. The molecule has 0 spiro atoms. The van der Waals surface area contributed by atoms with Gasteiger partial charge in [0.05, 0.1) is 0 Å². The summed E-state index contributed by atoms with van der Waals surface area (Å²) in [6.45, 7) is 9.05. The van der Waals surface area contributed by atoms with Gasteiger partial charge in [-0.2, -0.15) is 0 Å². The summed E-state index contributed by atoms with van der Waals surface area (Å²) in [5.41, 5.74) is 1.43. The highest BCUT2D eigenvalue weighted by atomic mass is 16.1. The van der Waals surface area contributed by atoms with Gasteiger partial charge in [-0.05, 0) is 43.9 Å². The zero-order valence-electron chi connectivity index (χ0n) is 11.0. The predicted molar refractivity (Wildman–Crippen MR) is 67.2 cm³/mol. The highest BCUT2D eigenvalue weighted by Gasteiger charge is 2.47. The minimum Gasteiger partial charge on any atom is -0.299 e. The number of hydrogen-bond donors (Lipinski definition) is 0. The molecule has 0 bridgehead atoms. The maximum Gasteiger partial charge on any atom is 0.143 e. The minimum atomic E-state index is -0.0375. The van der Waals surface area contributed by atoms with E-state index in [4.69, 9.17) is 0 Å². The van der Waals surface area contributed by atoms with Crippen LogP contribution in [0.25, 0.3) is 0 Å². The lowest BCUT2D eigenvalue weighted by molar-refractivity contribution is -0.133. The fraction of sp³-hybridized carbons (Fsp3) is 0.800. The Balaban J connectivity index is 2.25. The molecule has 0 aliphatic heterocycles. The van der Waals surface area contributed by atoms with Crippen LogP contribution in [0.3, 0.4) is 0 Å². The molecule has 2 aliphatic rings. The second kappa shape index (κ2) is 4.01. The molecule has 90 valence electrons. The zero-order chi connectivity index (χ0) is 11.9. The molecule has 1 heteroatoms. The lowest BCUT2D eigenvalue weighted by atomic mass is 9.56. The Morgan fingerprint density at radius 1 is 1.44 bits per heavy atom. The average Bonchev–Trinajstić information content (AvgIpc) is 2.24. The SMILES string of the molecule is CC1=CCC(=O)[C@]2(C)CC[C@@H](C(C)C)C[C@@H]12. The topological polar surface area (TPSA) is 17.1 Å². The summed E-state index contributed by atoms with van der Waals surface area (Å²) in [5.74, 6) is 2.57. The Hall–Kier alpha value is -0.590. The number of carbonyl (C=O) groups is 1. The van der Waals surface area contributed by atoms with E-state index in [0.29, 0.717) is 18.1 Å². The molecule has 3 atom stereocenters. The molecule has 0 N–H and O–H groups in total. The van der Waals surface area contributed by atoms with Crippen LogP contribution in [-0.4, -0.2) is 5.78 Å². The van der Waals surface area contributed by atoms with Crippen molar-refractivity contribution in [2.24, 2.45) is 23.2 Å². The molecule has 0 aromatic rings. The Bertz CT molecular complexity index is 326. The van der Waals surface area contributed by atoms with Crippen LogP contribution in [0.5, 0.6) is 0 Å². The first-order valence-electron chi connectivity index (χ1n) is 6.65. The first-order chi connectivity index (χ1) is 7.45. The Morgan fingerprint density at radius 3 is 2.75 bits per heavy atom. The van der Waals surface area contributed by atoms with Crippen molar-refractivity contribution in [3.8, 4) is 0 Å². The van der Waals surface area contributed by atoms with Crippen LogP contribution in [0.2, 0.25) is 0 Å². The summed E-state index contributed by atoms with van der Waals surface area (Å²) in [4.78, 5) is 12.1. The van der Waals surface area contributed by atoms with Gasteiger partial charge in [-0.1, -0.05) is 32.4 Å². The van der Waals surface area contributed by atoms with Gasteiger partial charge in [0, 0.05) is 11.8 Å². The van der Waals surface area contributed by atoms with Gasteiger partial charge >= 0.3 is 0 Å². The maximum absolute atomic E-state index is 12.1. The lowest BCUT2D eigenvalue weighted by Crippen LogP contribution is -2.44.